The molecular weight excluding hydrogens is 226 g/mol. The zero-order valence-electron chi connectivity index (χ0n) is 10.6. The van der Waals surface area contributed by atoms with Crippen LogP contribution in [0.25, 0.3) is 10.8 Å². The topological polar surface area (TPSA) is 49.3 Å². The molecule has 2 aromatic rings. The highest BCUT2D eigenvalue weighted by atomic mass is 16.4. The first-order valence-electron chi connectivity index (χ1n) is 6.06. The quantitative estimate of drug-likeness (QED) is 0.868. The van der Waals surface area contributed by atoms with E-state index in [1.165, 1.54) is 0 Å². The van der Waals surface area contributed by atoms with Crippen molar-refractivity contribution in [3.05, 3.63) is 48.0 Å². The average Bonchev–Trinajstić information content (AvgIpc) is 2.35. The van der Waals surface area contributed by atoms with Gasteiger partial charge in [-0.05, 0) is 30.2 Å². The molecule has 2 N–H and O–H groups in total. The van der Waals surface area contributed by atoms with Gasteiger partial charge in [0, 0.05) is 6.04 Å². The number of nitrogens with one attached hydrogen (secondary N) is 1. The second kappa shape index (κ2) is 5.19. The van der Waals surface area contributed by atoms with Crippen molar-refractivity contribution in [2.24, 2.45) is 0 Å². The van der Waals surface area contributed by atoms with Crippen LogP contribution in [0.2, 0.25) is 0 Å². The SMILES string of the molecule is CC(C)NC(C(=O)O)c1cccc2ccccc12. The Morgan fingerprint density at radius 2 is 1.78 bits per heavy atom. The lowest BCUT2D eigenvalue weighted by atomic mass is 9.98. The van der Waals surface area contributed by atoms with E-state index < -0.39 is 12.0 Å². The molecule has 0 saturated heterocycles. The minimum absolute atomic E-state index is 0.116. The summed E-state index contributed by atoms with van der Waals surface area (Å²) in [6, 6.07) is 13.0. The van der Waals surface area contributed by atoms with Crippen LogP contribution >= 0.6 is 0 Å². The highest BCUT2D eigenvalue weighted by molar-refractivity contribution is 5.90. The molecule has 18 heavy (non-hydrogen) atoms. The number of benzene rings is 2. The van der Waals surface area contributed by atoms with E-state index in [-0.39, 0.29) is 6.04 Å². The van der Waals surface area contributed by atoms with Crippen LogP contribution in [-0.4, -0.2) is 17.1 Å². The fourth-order valence-electron chi connectivity index (χ4n) is 2.13. The normalized spacial score (nSPS) is 12.8. The second-order valence-electron chi connectivity index (χ2n) is 4.66. The molecule has 0 spiro atoms. The van der Waals surface area contributed by atoms with Gasteiger partial charge in [0.15, 0.2) is 0 Å². The van der Waals surface area contributed by atoms with Crippen molar-refractivity contribution in [1.82, 2.24) is 5.32 Å². The van der Waals surface area contributed by atoms with Crippen molar-refractivity contribution < 1.29 is 9.90 Å². The number of carboxylic acids is 1. The first kappa shape index (κ1) is 12.6. The zero-order chi connectivity index (χ0) is 13.1. The van der Waals surface area contributed by atoms with E-state index in [1.54, 1.807) is 0 Å². The number of aliphatic carboxylic acids is 1. The van der Waals surface area contributed by atoms with Gasteiger partial charge in [-0.1, -0.05) is 42.5 Å². The lowest BCUT2D eigenvalue weighted by Crippen LogP contribution is -2.33. The summed E-state index contributed by atoms with van der Waals surface area (Å²) in [6.45, 7) is 3.89. The highest BCUT2D eigenvalue weighted by Crippen LogP contribution is 2.24. The maximum atomic E-state index is 11.4. The van der Waals surface area contributed by atoms with E-state index in [2.05, 4.69) is 5.32 Å². The molecular formula is C15H17NO2. The number of carbonyl (C=O) groups is 1. The maximum Gasteiger partial charge on any atom is 0.325 e. The third-order valence-corrected chi connectivity index (χ3v) is 2.88. The van der Waals surface area contributed by atoms with Gasteiger partial charge in [0.25, 0.3) is 0 Å². The molecule has 3 heteroatoms. The number of hydrogen-bond acceptors (Lipinski definition) is 2. The summed E-state index contributed by atoms with van der Waals surface area (Å²) >= 11 is 0. The monoisotopic (exact) mass is 243 g/mol. The van der Waals surface area contributed by atoms with Crippen LogP contribution in [0.5, 0.6) is 0 Å². The Kier molecular flexibility index (Phi) is 3.63. The lowest BCUT2D eigenvalue weighted by molar-refractivity contribution is -0.139. The lowest BCUT2D eigenvalue weighted by Gasteiger charge is -2.19. The van der Waals surface area contributed by atoms with Crippen LogP contribution in [0, 0.1) is 0 Å². The van der Waals surface area contributed by atoms with Crippen molar-refractivity contribution in [1.29, 1.82) is 0 Å². The smallest absolute Gasteiger partial charge is 0.325 e. The number of fused-ring (bicyclic) bond motifs is 1. The molecule has 0 bridgehead atoms. The van der Waals surface area contributed by atoms with Crippen LogP contribution in [0.3, 0.4) is 0 Å². The summed E-state index contributed by atoms with van der Waals surface area (Å²) in [7, 11) is 0. The number of hydrogen-bond donors (Lipinski definition) is 2. The molecule has 0 amide bonds. The third-order valence-electron chi connectivity index (χ3n) is 2.88. The molecule has 0 aliphatic heterocycles. The molecule has 0 fully saturated rings. The first-order chi connectivity index (χ1) is 8.59. The van der Waals surface area contributed by atoms with E-state index in [0.29, 0.717) is 0 Å². The van der Waals surface area contributed by atoms with Gasteiger partial charge in [-0.15, -0.1) is 0 Å². The zero-order valence-corrected chi connectivity index (χ0v) is 10.6. The molecule has 0 saturated carbocycles. The summed E-state index contributed by atoms with van der Waals surface area (Å²) in [6.07, 6.45) is 0. The Bertz CT molecular complexity index is 558. The van der Waals surface area contributed by atoms with Gasteiger partial charge in [-0.2, -0.15) is 0 Å². The minimum atomic E-state index is -0.847. The minimum Gasteiger partial charge on any atom is -0.480 e. The molecule has 1 atom stereocenters. The molecule has 3 nitrogen and oxygen atoms in total. The van der Waals surface area contributed by atoms with Crippen LogP contribution in [0.15, 0.2) is 42.5 Å². The van der Waals surface area contributed by atoms with Crippen molar-refractivity contribution in [2.75, 3.05) is 0 Å². The first-order valence-corrected chi connectivity index (χ1v) is 6.06. The Morgan fingerprint density at radius 1 is 1.11 bits per heavy atom. The van der Waals surface area contributed by atoms with Gasteiger partial charge in [-0.25, -0.2) is 0 Å². The fraction of sp³-hybridized carbons (Fsp3) is 0.267. The Morgan fingerprint density at radius 3 is 2.44 bits per heavy atom. The van der Waals surface area contributed by atoms with Crippen LogP contribution in [-0.2, 0) is 4.79 Å². The highest BCUT2D eigenvalue weighted by Gasteiger charge is 2.21. The molecule has 94 valence electrons. The van der Waals surface area contributed by atoms with Gasteiger partial charge in [-0.3, -0.25) is 10.1 Å². The molecule has 2 aromatic carbocycles. The van der Waals surface area contributed by atoms with E-state index in [9.17, 15) is 9.90 Å². The molecule has 2 rings (SSSR count). The molecule has 0 radical (unpaired) electrons. The standard InChI is InChI=1S/C15H17NO2/c1-10(2)16-14(15(17)18)13-9-5-7-11-6-3-4-8-12(11)13/h3-10,14,16H,1-2H3,(H,17,18). The van der Waals surface area contributed by atoms with Gasteiger partial charge >= 0.3 is 5.97 Å². The van der Waals surface area contributed by atoms with Crippen molar-refractivity contribution in [3.8, 4) is 0 Å². The van der Waals surface area contributed by atoms with Crippen LogP contribution in [0.1, 0.15) is 25.5 Å². The van der Waals surface area contributed by atoms with E-state index >= 15 is 0 Å². The molecule has 1 unspecified atom stereocenters. The van der Waals surface area contributed by atoms with Gasteiger partial charge < -0.3 is 5.11 Å². The van der Waals surface area contributed by atoms with E-state index in [1.807, 2.05) is 56.3 Å². The average molecular weight is 243 g/mol. The number of rotatable bonds is 4. The number of carboxylic acid groups (broad SMARTS) is 1. The van der Waals surface area contributed by atoms with Gasteiger partial charge in [0.1, 0.15) is 6.04 Å². The van der Waals surface area contributed by atoms with Gasteiger partial charge in [0.2, 0.25) is 0 Å². The fourth-order valence-corrected chi connectivity index (χ4v) is 2.13. The van der Waals surface area contributed by atoms with Crippen molar-refractivity contribution in [2.45, 2.75) is 25.9 Å². The maximum absolute atomic E-state index is 11.4. The summed E-state index contributed by atoms with van der Waals surface area (Å²) in [5.41, 5.74) is 0.814. The molecule has 0 heterocycles. The Balaban J connectivity index is 2.53. The molecule has 0 aromatic heterocycles. The molecule has 0 aliphatic rings. The summed E-state index contributed by atoms with van der Waals surface area (Å²) < 4.78 is 0. The summed E-state index contributed by atoms with van der Waals surface area (Å²) in [5.74, 6) is -0.847. The largest absolute Gasteiger partial charge is 0.480 e. The van der Waals surface area contributed by atoms with Gasteiger partial charge in [0.05, 0.1) is 0 Å². The third kappa shape index (κ3) is 2.51. The second-order valence-corrected chi connectivity index (χ2v) is 4.66. The van der Waals surface area contributed by atoms with E-state index in [0.717, 1.165) is 16.3 Å². The summed E-state index contributed by atoms with van der Waals surface area (Å²) in [5, 5.41) is 14.5. The predicted octanol–water partition coefficient (Wildman–Crippen LogP) is 2.96. The van der Waals surface area contributed by atoms with Crippen LogP contribution < -0.4 is 5.32 Å². The van der Waals surface area contributed by atoms with Crippen molar-refractivity contribution >= 4 is 16.7 Å². The van der Waals surface area contributed by atoms with Crippen LogP contribution in [0.4, 0.5) is 0 Å². The Hall–Kier alpha value is -1.87. The predicted molar refractivity (Wildman–Crippen MR) is 72.6 cm³/mol. The van der Waals surface area contributed by atoms with Crippen molar-refractivity contribution in [3.63, 3.8) is 0 Å². The molecule has 0 aliphatic carbocycles. The summed E-state index contributed by atoms with van der Waals surface area (Å²) in [4.78, 5) is 11.4. The Labute approximate surface area is 106 Å². The van der Waals surface area contributed by atoms with E-state index in [4.69, 9.17) is 0 Å².